The van der Waals surface area contributed by atoms with E-state index in [4.69, 9.17) is 16.0 Å². The van der Waals surface area contributed by atoms with Crippen molar-refractivity contribution in [2.45, 2.75) is 19.9 Å². The van der Waals surface area contributed by atoms with Gasteiger partial charge in [0.25, 0.3) is 11.5 Å². The van der Waals surface area contributed by atoms with Crippen molar-refractivity contribution < 1.29 is 9.21 Å². The van der Waals surface area contributed by atoms with Crippen molar-refractivity contribution in [1.82, 2.24) is 4.57 Å². The highest BCUT2D eigenvalue weighted by molar-refractivity contribution is 6.32. The van der Waals surface area contributed by atoms with Gasteiger partial charge in [0.05, 0.1) is 17.5 Å². The Hall–Kier alpha value is -2.01. The van der Waals surface area contributed by atoms with E-state index in [1.165, 1.54) is 18.4 Å². The van der Waals surface area contributed by atoms with E-state index >= 15 is 0 Å². The van der Waals surface area contributed by atoms with Gasteiger partial charge in [0.1, 0.15) is 0 Å². The molecule has 0 unspecified atom stereocenters. The topological polar surface area (TPSA) is 64.2 Å². The lowest BCUT2D eigenvalue weighted by atomic mass is 10.3. The molecule has 1 N–H and O–H groups in total. The van der Waals surface area contributed by atoms with Crippen LogP contribution in [0.2, 0.25) is 5.22 Å². The minimum absolute atomic E-state index is 0.0411. The molecule has 0 fully saturated rings. The fourth-order valence-corrected chi connectivity index (χ4v) is 1.88. The van der Waals surface area contributed by atoms with Gasteiger partial charge in [-0.15, -0.1) is 0 Å². The zero-order valence-corrected chi connectivity index (χ0v) is 11.1. The van der Waals surface area contributed by atoms with Gasteiger partial charge in [0.15, 0.2) is 0 Å². The van der Waals surface area contributed by atoms with Gasteiger partial charge in [0, 0.05) is 18.8 Å². The van der Waals surface area contributed by atoms with Crippen LogP contribution in [0.5, 0.6) is 0 Å². The second-order valence-electron chi connectivity index (χ2n) is 4.01. The van der Waals surface area contributed by atoms with Crippen LogP contribution in [0.1, 0.15) is 23.7 Å². The molecule has 0 saturated carbocycles. The summed E-state index contributed by atoms with van der Waals surface area (Å²) in [5.74, 6) is -0.375. The van der Waals surface area contributed by atoms with E-state index < -0.39 is 0 Å². The highest BCUT2D eigenvalue weighted by Crippen LogP contribution is 2.18. The van der Waals surface area contributed by atoms with E-state index in [1.807, 2.05) is 6.92 Å². The summed E-state index contributed by atoms with van der Waals surface area (Å²) in [6.45, 7) is 2.58. The first kappa shape index (κ1) is 13.4. The number of amides is 1. The van der Waals surface area contributed by atoms with Crippen molar-refractivity contribution in [3.8, 4) is 0 Å². The fraction of sp³-hybridized carbons (Fsp3) is 0.231. The van der Waals surface area contributed by atoms with Crippen LogP contribution in [0.4, 0.5) is 5.69 Å². The summed E-state index contributed by atoms with van der Waals surface area (Å²) in [5, 5.41) is 2.71. The number of carbonyl (C=O) groups excluding carboxylic acids is 1. The zero-order chi connectivity index (χ0) is 13.8. The molecular formula is C13H13ClN2O3. The molecule has 0 bridgehead atoms. The second kappa shape index (κ2) is 5.75. The van der Waals surface area contributed by atoms with Crippen LogP contribution in [0.3, 0.4) is 0 Å². The fourth-order valence-electron chi connectivity index (χ4n) is 1.68. The molecule has 100 valence electrons. The van der Waals surface area contributed by atoms with E-state index in [-0.39, 0.29) is 22.2 Å². The van der Waals surface area contributed by atoms with Crippen LogP contribution in [-0.2, 0) is 6.54 Å². The quantitative estimate of drug-likeness (QED) is 0.936. The first-order chi connectivity index (χ1) is 9.11. The molecule has 2 aromatic rings. The summed E-state index contributed by atoms with van der Waals surface area (Å²) in [6, 6.07) is 4.46. The molecule has 1 amide bonds. The average Bonchev–Trinajstić information content (AvgIpc) is 2.80. The van der Waals surface area contributed by atoms with Crippen LogP contribution in [0.15, 0.2) is 39.9 Å². The van der Waals surface area contributed by atoms with Gasteiger partial charge in [-0.3, -0.25) is 9.59 Å². The van der Waals surface area contributed by atoms with Crippen molar-refractivity contribution in [1.29, 1.82) is 0 Å². The second-order valence-corrected chi connectivity index (χ2v) is 4.35. The number of carbonyl (C=O) groups is 1. The lowest BCUT2D eigenvalue weighted by Gasteiger charge is -2.08. The van der Waals surface area contributed by atoms with Gasteiger partial charge in [-0.25, -0.2) is 0 Å². The van der Waals surface area contributed by atoms with E-state index in [2.05, 4.69) is 5.32 Å². The molecule has 5 nitrogen and oxygen atoms in total. The molecule has 0 aromatic carbocycles. The number of nitrogens with one attached hydrogen (secondary N) is 1. The molecule has 0 saturated heterocycles. The van der Waals surface area contributed by atoms with Gasteiger partial charge < -0.3 is 14.3 Å². The van der Waals surface area contributed by atoms with Crippen molar-refractivity contribution in [3.63, 3.8) is 0 Å². The number of nitrogens with zero attached hydrogens (tertiary/aromatic N) is 1. The minimum atomic E-state index is -0.375. The summed E-state index contributed by atoms with van der Waals surface area (Å²) in [5.41, 5.74) is 0.700. The number of anilines is 1. The lowest BCUT2D eigenvalue weighted by molar-refractivity contribution is 0.102. The molecule has 0 radical (unpaired) electrons. The van der Waals surface area contributed by atoms with Crippen LogP contribution in [0.25, 0.3) is 0 Å². The van der Waals surface area contributed by atoms with Crippen LogP contribution in [0, 0.1) is 0 Å². The normalized spacial score (nSPS) is 10.4. The Balaban J connectivity index is 2.20. The Labute approximate surface area is 114 Å². The maximum atomic E-state index is 11.9. The van der Waals surface area contributed by atoms with Crippen LogP contribution in [-0.4, -0.2) is 10.5 Å². The predicted molar refractivity (Wildman–Crippen MR) is 72.7 cm³/mol. The summed E-state index contributed by atoms with van der Waals surface area (Å²) in [7, 11) is 0. The Morgan fingerprint density at radius 2 is 2.21 bits per heavy atom. The van der Waals surface area contributed by atoms with Crippen LogP contribution < -0.4 is 10.9 Å². The van der Waals surface area contributed by atoms with E-state index in [0.717, 1.165) is 6.42 Å². The third-order valence-electron chi connectivity index (χ3n) is 2.57. The molecule has 0 aliphatic carbocycles. The predicted octanol–water partition coefficient (Wildman–Crippen LogP) is 2.76. The number of rotatable bonds is 4. The molecule has 19 heavy (non-hydrogen) atoms. The highest BCUT2D eigenvalue weighted by atomic mass is 35.5. The number of aryl methyl sites for hydroxylation is 1. The highest BCUT2D eigenvalue weighted by Gasteiger charge is 2.13. The average molecular weight is 281 g/mol. The Kier molecular flexibility index (Phi) is 4.06. The molecule has 0 aliphatic rings. The molecule has 0 aliphatic heterocycles. The first-order valence-electron chi connectivity index (χ1n) is 5.86. The summed E-state index contributed by atoms with van der Waals surface area (Å²) in [4.78, 5) is 23.5. The largest absolute Gasteiger partial charge is 0.452 e. The lowest BCUT2D eigenvalue weighted by Crippen LogP contribution is -2.20. The Bertz CT molecular complexity index is 645. The van der Waals surface area contributed by atoms with E-state index in [0.29, 0.717) is 12.2 Å². The standard InChI is InChI=1S/C13H13ClN2O3/c1-2-6-16-8-9(3-4-11(16)17)15-13(18)10-5-7-19-12(10)14/h3-5,7-8H,2,6H2,1H3,(H,15,18). The number of hydrogen-bond acceptors (Lipinski definition) is 3. The van der Waals surface area contributed by atoms with E-state index in [9.17, 15) is 9.59 Å². The van der Waals surface area contributed by atoms with Crippen LogP contribution >= 0.6 is 11.6 Å². The Morgan fingerprint density at radius 1 is 1.42 bits per heavy atom. The third kappa shape index (κ3) is 3.06. The van der Waals surface area contributed by atoms with Crippen molar-refractivity contribution in [3.05, 3.63) is 51.8 Å². The van der Waals surface area contributed by atoms with Gasteiger partial charge in [0.2, 0.25) is 5.22 Å². The van der Waals surface area contributed by atoms with Gasteiger partial charge in [-0.2, -0.15) is 0 Å². The smallest absolute Gasteiger partial charge is 0.260 e. The molecule has 2 heterocycles. The monoisotopic (exact) mass is 280 g/mol. The maximum absolute atomic E-state index is 11.9. The molecule has 0 atom stereocenters. The van der Waals surface area contributed by atoms with Crippen molar-refractivity contribution >= 4 is 23.2 Å². The molecule has 2 rings (SSSR count). The summed E-state index contributed by atoms with van der Waals surface area (Å²) >= 11 is 5.72. The molecule has 2 aromatic heterocycles. The number of aromatic nitrogens is 1. The van der Waals surface area contributed by atoms with Crippen molar-refractivity contribution in [2.24, 2.45) is 0 Å². The van der Waals surface area contributed by atoms with Crippen molar-refractivity contribution in [2.75, 3.05) is 5.32 Å². The number of hydrogen-bond donors (Lipinski definition) is 1. The molecule has 6 heteroatoms. The van der Waals surface area contributed by atoms with Gasteiger partial charge >= 0.3 is 0 Å². The number of pyridine rings is 1. The zero-order valence-electron chi connectivity index (χ0n) is 10.4. The van der Waals surface area contributed by atoms with Gasteiger partial charge in [-0.1, -0.05) is 6.92 Å². The summed E-state index contributed by atoms with van der Waals surface area (Å²) in [6.07, 6.45) is 3.79. The minimum Gasteiger partial charge on any atom is -0.452 e. The SMILES string of the molecule is CCCn1cc(NC(=O)c2ccoc2Cl)ccc1=O. The number of halogens is 1. The summed E-state index contributed by atoms with van der Waals surface area (Å²) < 4.78 is 6.40. The first-order valence-corrected chi connectivity index (χ1v) is 6.24. The van der Waals surface area contributed by atoms with Gasteiger partial charge in [-0.05, 0) is 30.2 Å². The third-order valence-corrected chi connectivity index (χ3v) is 2.86. The maximum Gasteiger partial charge on any atom is 0.260 e. The Morgan fingerprint density at radius 3 is 2.84 bits per heavy atom. The van der Waals surface area contributed by atoms with E-state index in [1.54, 1.807) is 16.8 Å². The molecule has 0 spiro atoms. The number of furan rings is 1. The molecular weight excluding hydrogens is 268 g/mol.